The van der Waals surface area contributed by atoms with E-state index < -0.39 is 0 Å². The highest BCUT2D eigenvalue weighted by molar-refractivity contribution is 7.99. The number of hydrogen-bond donors (Lipinski definition) is 2. The van der Waals surface area contributed by atoms with Crippen LogP contribution in [0.15, 0.2) is 10.2 Å². The fourth-order valence-corrected chi connectivity index (χ4v) is 2.13. The van der Waals surface area contributed by atoms with Crippen molar-refractivity contribution in [2.45, 2.75) is 37.4 Å². The van der Waals surface area contributed by atoms with Crippen molar-refractivity contribution in [3.63, 3.8) is 0 Å². The molecule has 0 fully saturated rings. The van der Waals surface area contributed by atoms with Crippen LogP contribution < -0.4 is 5.73 Å². The van der Waals surface area contributed by atoms with Gasteiger partial charge in [-0.05, 0) is 25.6 Å². The summed E-state index contributed by atoms with van der Waals surface area (Å²) in [5, 5.41) is 8.32. The number of nitrogens with two attached hydrogens (primary N) is 1. The summed E-state index contributed by atoms with van der Waals surface area (Å²) in [4.78, 5) is 12.9. The summed E-state index contributed by atoms with van der Waals surface area (Å²) < 4.78 is 0. The molecule has 3 N–H and O–H groups in total. The van der Waals surface area contributed by atoms with Gasteiger partial charge in [0, 0.05) is 12.0 Å². The van der Waals surface area contributed by atoms with Crippen LogP contribution >= 0.6 is 11.8 Å². The molecule has 0 aliphatic heterocycles. The maximum absolute atomic E-state index is 5.84. The molecule has 0 unspecified atom stereocenters. The summed E-state index contributed by atoms with van der Waals surface area (Å²) in [7, 11) is 0. The Bertz CT molecular complexity index is 536. The van der Waals surface area contributed by atoms with Gasteiger partial charge < -0.3 is 5.73 Å². The molecule has 0 aliphatic rings. The van der Waals surface area contributed by atoms with Crippen LogP contribution in [0.4, 0.5) is 5.82 Å². The quantitative estimate of drug-likeness (QED) is 0.802. The summed E-state index contributed by atoms with van der Waals surface area (Å²) in [6.07, 6.45) is 0.755. The minimum absolute atomic E-state index is 0.520. The number of nitrogens with zero attached hydrogens (tertiary/aromatic N) is 4. The van der Waals surface area contributed by atoms with Gasteiger partial charge in [-0.15, -0.1) is 5.10 Å². The van der Waals surface area contributed by atoms with Crippen molar-refractivity contribution in [2.24, 2.45) is 0 Å². The van der Waals surface area contributed by atoms with Gasteiger partial charge in [0.05, 0.1) is 0 Å². The fourth-order valence-electron chi connectivity index (χ4n) is 1.27. The van der Waals surface area contributed by atoms with Crippen LogP contribution in [0.2, 0.25) is 0 Å². The largest absolute Gasteiger partial charge is 0.383 e. The Hall–Kier alpha value is -1.63. The van der Waals surface area contributed by atoms with Crippen LogP contribution in [-0.2, 0) is 6.42 Å². The normalized spacial score (nSPS) is 10.8. The Morgan fingerprint density at radius 1 is 1.24 bits per heavy atom. The van der Waals surface area contributed by atoms with Crippen molar-refractivity contribution in [2.75, 3.05) is 5.73 Å². The summed E-state index contributed by atoms with van der Waals surface area (Å²) in [5.74, 6) is 2.04. The predicted octanol–water partition coefficient (Wildman–Crippen LogP) is 1.51. The van der Waals surface area contributed by atoms with Gasteiger partial charge in [0.1, 0.15) is 22.5 Å². The van der Waals surface area contributed by atoms with E-state index in [4.69, 9.17) is 5.73 Å². The zero-order chi connectivity index (χ0) is 12.4. The van der Waals surface area contributed by atoms with E-state index in [2.05, 4.69) is 25.1 Å². The first-order valence-electron chi connectivity index (χ1n) is 5.30. The van der Waals surface area contributed by atoms with Crippen LogP contribution in [0.1, 0.15) is 24.1 Å². The molecule has 6 nitrogen and oxygen atoms in total. The maximum atomic E-state index is 5.84. The van der Waals surface area contributed by atoms with E-state index in [0.717, 1.165) is 28.7 Å². The van der Waals surface area contributed by atoms with Crippen molar-refractivity contribution in [3.05, 3.63) is 17.2 Å². The molecule has 2 aromatic rings. The second kappa shape index (κ2) is 4.70. The van der Waals surface area contributed by atoms with E-state index in [1.807, 2.05) is 20.8 Å². The van der Waals surface area contributed by atoms with Gasteiger partial charge in [0.25, 0.3) is 0 Å². The molecular weight excluding hydrogens is 236 g/mol. The Labute approximate surface area is 103 Å². The number of nitrogens with one attached hydrogen (secondary N) is 1. The minimum Gasteiger partial charge on any atom is -0.383 e. The number of aromatic amines is 1. The van der Waals surface area contributed by atoms with E-state index in [9.17, 15) is 0 Å². The van der Waals surface area contributed by atoms with Crippen LogP contribution in [0.25, 0.3) is 0 Å². The second-order valence-corrected chi connectivity index (χ2v) is 4.57. The number of rotatable bonds is 3. The molecule has 0 atom stereocenters. The first kappa shape index (κ1) is 11.8. The van der Waals surface area contributed by atoms with Gasteiger partial charge >= 0.3 is 0 Å². The molecule has 7 heteroatoms. The lowest BCUT2D eigenvalue weighted by Gasteiger charge is -2.06. The lowest BCUT2D eigenvalue weighted by atomic mass is 10.3. The van der Waals surface area contributed by atoms with Gasteiger partial charge in [-0.2, -0.15) is 0 Å². The van der Waals surface area contributed by atoms with Gasteiger partial charge in [-0.1, -0.05) is 6.92 Å². The van der Waals surface area contributed by atoms with E-state index in [-0.39, 0.29) is 0 Å². The number of hydrogen-bond acceptors (Lipinski definition) is 6. The average Bonchev–Trinajstić information content (AvgIpc) is 2.70. The van der Waals surface area contributed by atoms with Gasteiger partial charge in [-0.25, -0.2) is 15.0 Å². The van der Waals surface area contributed by atoms with E-state index >= 15 is 0 Å². The molecule has 90 valence electrons. The highest BCUT2D eigenvalue weighted by Gasteiger charge is 2.11. The SMILES string of the molecule is CCc1nc(N)c(C)c(Sc2n[nH]c(C)n2)n1. The topological polar surface area (TPSA) is 93.4 Å². The van der Waals surface area contributed by atoms with Gasteiger partial charge in [0.2, 0.25) is 5.16 Å². The molecule has 0 saturated carbocycles. The highest BCUT2D eigenvalue weighted by atomic mass is 32.2. The summed E-state index contributed by atoms with van der Waals surface area (Å²) >= 11 is 1.39. The number of H-pyrrole nitrogens is 1. The second-order valence-electron chi connectivity index (χ2n) is 3.61. The van der Waals surface area contributed by atoms with Crippen molar-refractivity contribution in [1.82, 2.24) is 25.1 Å². The minimum atomic E-state index is 0.520. The number of aromatic nitrogens is 5. The lowest BCUT2D eigenvalue weighted by Crippen LogP contribution is -2.03. The summed E-state index contributed by atoms with van der Waals surface area (Å²) in [6.45, 7) is 5.75. The number of aryl methyl sites for hydroxylation is 2. The van der Waals surface area contributed by atoms with Gasteiger partial charge in [-0.3, -0.25) is 5.10 Å². The molecule has 0 amide bonds. The Balaban J connectivity index is 2.34. The maximum Gasteiger partial charge on any atom is 0.214 e. The third-order valence-electron chi connectivity index (χ3n) is 2.27. The van der Waals surface area contributed by atoms with Crippen LogP contribution in [0.3, 0.4) is 0 Å². The zero-order valence-electron chi connectivity index (χ0n) is 9.98. The smallest absolute Gasteiger partial charge is 0.214 e. The van der Waals surface area contributed by atoms with E-state index in [1.54, 1.807) is 0 Å². The molecule has 2 rings (SSSR count). The van der Waals surface area contributed by atoms with Crippen molar-refractivity contribution in [1.29, 1.82) is 0 Å². The molecule has 0 radical (unpaired) electrons. The van der Waals surface area contributed by atoms with E-state index in [1.165, 1.54) is 11.8 Å². The van der Waals surface area contributed by atoms with Crippen LogP contribution in [0.5, 0.6) is 0 Å². The third kappa shape index (κ3) is 2.55. The molecule has 0 spiro atoms. The van der Waals surface area contributed by atoms with Crippen molar-refractivity contribution in [3.8, 4) is 0 Å². The van der Waals surface area contributed by atoms with Gasteiger partial charge in [0.15, 0.2) is 0 Å². The monoisotopic (exact) mass is 250 g/mol. The summed E-state index contributed by atoms with van der Waals surface area (Å²) in [6, 6.07) is 0. The Kier molecular flexibility index (Phi) is 3.28. The van der Waals surface area contributed by atoms with Crippen molar-refractivity contribution < 1.29 is 0 Å². The molecule has 0 bridgehead atoms. The Morgan fingerprint density at radius 2 is 2.00 bits per heavy atom. The highest BCUT2D eigenvalue weighted by Crippen LogP contribution is 2.27. The van der Waals surface area contributed by atoms with Crippen molar-refractivity contribution >= 4 is 17.6 Å². The molecular formula is C10H14N6S. The molecule has 2 heterocycles. The average molecular weight is 250 g/mol. The molecule has 0 aromatic carbocycles. The molecule has 2 aromatic heterocycles. The zero-order valence-corrected chi connectivity index (χ0v) is 10.8. The first-order chi connectivity index (χ1) is 8.10. The third-order valence-corrected chi connectivity index (χ3v) is 3.22. The first-order valence-corrected chi connectivity index (χ1v) is 6.11. The molecule has 0 saturated heterocycles. The standard InChI is InChI=1S/C10H14N6S/c1-4-7-13-8(11)5(2)9(14-7)17-10-12-6(3)15-16-10/h4H2,1-3H3,(H2,11,13,14)(H,12,15,16). The Morgan fingerprint density at radius 3 is 2.59 bits per heavy atom. The fraction of sp³-hybridized carbons (Fsp3) is 0.400. The van der Waals surface area contributed by atoms with Crippen LogP contribution in [0, 0.1) is 13.8 Å². The predicted molar refractivity (Wildman–Crippen MR) is 65.8 cm³/mol. The lowest BCUT2D eigenvalue weighted by molar-refractivity contribution is 0.873. The molecule has 17 heavy (non-hydrogen) atoms. The summed E-state index contributed by atoms with van der Waals surface area (Å²) in [5.41, 5.74) is 6.71. The number of nitrogen functional groups attached to an aromatic ring is 1. The van der Waals surface area contributed by atoms with Crippen LogP contribution in [-0.4, -0.2) is 25.1 Å². The number of anilines is 1. The molecule has 0 aliphatic carbocycles. The van der Waals surface area contributed by atoms with E-state index in [0.29, 0.717) is 11.0 Å².